The number of aromatic nitrogens is 3. The Hall–Kier alpha value is -1.97. The monoisotopic (exact) mass is 448 g/mol. The molecule has 0 aliphatic carbocycles. The quantitative estimate of drug-likeness (QED) is 0.445. The average molecular weight is 449 g/mol. The summed E-state index contributed by atoms with van der Waals surface area (Å²) in [5.41, 5.74) is 1.74. The van der Waals surface area contributed by atoms with Crippen molar-refractivity contribution in [3.63, 3.8) is 0 Å². The predicted molar refractivity (Wildman–Crippen MR) is 102 cm³/mol. The standard InChI is InChI=1S/C17H13BrN4O2S2/c1-9(23)21-11-6-4-3-5-10(11)14-15(24)19-17(25-2)20-22(14)16(21)12-7-8-13(18)26-12/h3-8,16H,1-2H3. The number of thioether (sulfide) groups is 1. The van der Waals surface area contributed by atoms with E-state index >= 15 is 0 Å². The zero-order valence-electron chi connectivity index (χ0n) is 13.8. The number of para-hydroxylation sites is 1. The summed E-state index contributed by atoms with van der Waals surface area (Å²) in [6, 6.07) is 11.2. The summed E-state index contributed by atoms with van der Waals surface area (Å²) in [6.07, 6.45) is 1.29. The number of hydrogen-bond acceptors (Lipinski definition) is 6. The lowest BCUT2D eigenvalue weighted by molar-refractivity contribution is -0.763. The van der Waals surface area contributed by atoms with Crippen molar-refractivity contribution < 1.29 is 14.6 Å². The van der Waals surface area contributed by atoms with Gasteiger partial charge in [-0.15, -0.1) is 11.3 Å². The van der Waals surface area contributed by atoms with E-state index in [1.165, 1.54) is 30.0 Å². The van der Waals surface area contributed by atoms with Crippen LogP contribution >= 0.6 is 39.0 Å². The highest BCUT2D eigenvalue weighted by molar-refractivity contribution is 9.11. The number of thiophene rings is 1. The molecule has 1 aliphatic heterocycles. The molecule has 0 N–H and O–H groups in total. The largest absolute Gasteiger partial charge is 0.854 e. The van der Waals surface area contributed by atoms with Gasteiger partial charge in [-0.25, -0.2) is 9.88 Å². The number of halogens is 1. The average Bonchev–Trinajstić information content (AvgIpc) is 3.05. The van der Waals surface area contributed by atoms with Crippen LogP contribution in [0.4, 0.5) is 5.69 Å². The van der Waals surface area contributed by atoms with Crippen molar-refractivity contribution in [2.45, 2.75) is 18.2 Å². The summed E-state index contributed by atoms with van der Waals surface area (Å²) < 4.78 is 2.57. The smallest absolute Gasteiger partial charge is 0.302 e. The molecule has 0 spiro atoms. The van der Waals surface area contributed by atoms with Crippen LogP contribution in [0.5, 0.6) is 5.88 Å². The lowest BCUT2D eigenvalue weighted by Gasteiger charge is -2.32. The van der Waals surface area contributed by atoms with Crippen molar-refractivity contribution in [3.05, 3.63) is 45.1 Å². The van der Waals surface area contributed by atoms with Gasteiger partial charge in [0, 0.05) is 12.0 Å². The minimum Gasteiger partial charge on any atom is -0.854 e. The van der Waals surface area contributed by atoms with Crippen molar-refractivity contribution in [3.8, 4) is 17.1 Å². The maximum atomic E-state index is 12.8. The number of amides is 1. The predicted octanol–water partition coefficient (Wildman–Crippen LogP) is 2.96. The Labute approximate surface area is 166 Å². The molecule has 1 amide bonds. The highest BCUT2D eigenvalue weighted by Gasteiger charge is 2.44. The molecule has 0 fully saturated rings. The van der Waals surface area contributed by atoms with Crippen LogP contribution < -0.4 is 14.7 Å². The number of benzene rings is 1. The summed E-state index contributed by atoms with van der Waals surface area (Å²) in [6.45, 7) is 1.52. The summed E-state index contributed by atoms with van der Waals surface area (Å²) in [5, 5.41) is 17.7. The number of hydrogen-bond donors (Lipinski definition) is 0. The highest BCUT2D eigenvalue weighted by atomic mass is 79.9. The fourth-order valence-electron chi connectivity index (χ4n) is 3.09. The number of carbonyl (C=O) groups is 1. The van der Waals surface area contributed by atoms with Crippen molar-refractivity contribution in [1.29, 1.82) is 0 Å². The van der Waals surface area contributed by atoms with Gasteiger partial charge in [0.2, 0.25) is 5.91 Å². The van der Waals surface area contributed by atoms with Crippen LogP contribution in [0.3, 0.4) is 0 Å². The molecular weight excluding hydrogens is 436 g/mol. The molecule has 26 heavy (non-hydrogen) atoms. The molecule has 1 unspecified atom stereocenters. The molecule has 1 atom stereocenters. The Balaban J connectivity index is 2.08. The van der Waals surface area contributed by atoms with E-state index in [1.54, 1.807) is 9.58 Å². The second-order valence-electron chi connectivity index (χ2n) is 5.62. The Morgan fingerprint density at radius 2 is 2.12 bits per heavy atom. The van der Waals surface area contributed by atoms with Gasteiger partial charge in [-0.1, -0.05) is 28.6 Å². The molecule has 6 nitrogen and oxygen atoms in total. The van der Waals surface area contributed by atoms with Gasteiger partial charge in [0.25, 0.3) is 10.9 Å². The van der Waals surface area contributed by atoms with Crippen LogP contribution in [0.15, 0.2) is 45.3 Å². The fraction of sp³-hybridized carbons (Fsp3) is 0.176. The second kappa shape index (κ2) is 6.64. The third kappa shape index (κ3) is 2.70. The molecule has 0 saturated carbocycles. The number of carbonyl (C=O) groups excluding carboxylic acids is 1. The maximum Gasteiger partial charge on any atom is 0.302 e. The van der Waals surface area contributed by atoms with Crippen molar-refractivity contribution in [2.24, 2.45) is 0 Å². The third-order valence-electron chi connectivity index (χ3n) is 4.09. The van der Waals surface area contributed by atoms with Crippen LogP contribution in [-0.4, -0.2) is 22.2 Å². The van der Waals surface area contributed by atoms with E-state index in [4.69, 9.17) is 0 Å². The maximum absolute atomic E-state index is 12.8. The van der Waals surface area contributed by atoms with Gasteiger partial charge in [-0.05, 0) is 46.5 Å². The first kappa shape index (κ1) is 17.4. The third-order valence-corrected chi connectivity index (χ3v) is 6.29. The van der Waals surface area contributed by atoms with Crippen LogP contribution in [-0.2, 0) is 4.79 Å². The van der Waals surface area contributed by atoms with Gasteiger partial charge in [0.1, 0.15) is 0 Å². The minimum atomic E-state index is -0.532. The summed E-state index contributed by atoms with van der Waals surface area (Å²) >= 11 is 6.28. The summed E-state index contributed by atoms with van der Waals surface area (Å²) in [5.74, 6) is -0.470. The SMILES string of the molecule is CSc1nc([O-])c2[n+](n1)C(c1ccc(Br)s1)N(C(C)=O)c1ccccc1-2. The molecule has 1 aromatic carbocycles. The molecule has 0 radical (unpaired) electrons. The number of fused-ring (bicyclic) bond motifs is 3. The van der Waals surface area contributed by atoms with Gasteiger partial charge in [-0.3, -0.25) is 4.79 Å². The van der Waals surface area contributed by atoms with Crippen LogP contribution in [0.1, 0.15) is 18.0 Å². The normalized spacial score (nSPS) is 15.5. The Bertz CT molecular complexity index is 1020. The first-order valence-corrected chi connectivity index (χ1v) is 10.5. The van der Waals surface area contributed by atoms with Crippen LogP contribution in [0.2, 0.25) is 0 Å². The molecular formula is C17H13BrN4O2S2. The molecule has 132 valence electrons. The topological polar surface area (TPSA) is 73.0 Å². The first-order chi connectivity index (χ1) is 12.5. The van der Waals surface area contributed by atoms with Gasteiger partial charge in [-0.2, -0.15) is 0 Å². The van der Waals surface area contributed by atoms with Crippen molar-refractivity contribution in [1.82, 2.24) is 10.1 Å². The van der Waals surface area contributed by atoms with Gasteiger partial charge < -0.3 is 5.11 Å². The molecule has 3 heterocycles. The summed E-state index contributed by atoms with van der Waals surface area (Å²) in [4.78, 5) is 19.2. The Kier molecular flexibility index (Phi) is 4.45. The lowest BCUT2D eigenvalue weighted by atomic mass is 10.0. The lowest BCUT2D eigenvalue weighted by Crippen LogP contribution is -2.58. The fourth-order valence-corrected chi connectivity index (χ4v) is 4.93. The van der Waals surface area contributed by atoms with E-state index in [1.807, 2.05) is 42.7 Å². The second-order valence-corrected chi connectivity index (χ2v) is 8.89. The van der Waals surface area contributed by atoms with E-state index in [0.29, 0.717) is 22.1 Å². The van der Waals surface area contributed by atoms with Gasteiger partial charge in [0.15, 0.2) is 0 Å². The zero-order chi connectivity index (χ0) is 18.4. The van der Waals surface area contributed by atoms with Gasteiger partial charge in [0.05, 0.1) is 25.8 Å². The Morgan fingerprint density at radius 3 is 2.77 bits per heavy atom. The van der Waals surface area contributed by atoms with Crippen molar-refractivity contribution in [2.75, 3.05) is 11.2 Å². The molecule has 0 saturated heterocycles. The van der Waals surface area contributed by atoms with E-state index in [-0.39, 0.29) is 11.8 Å². The molecule has 4 rings (SSSR count). The summed E-state index contributed by atoms with van der Waals surface area (Å²) in [7, 11) is 0. The first-order valence-electron chi connectivity index (χ1n) is 7.70. The molecule has 9 heteroatoms. The molecule has 0 bridgehead atoms. The van der Waals surface area contributed by atoms with E-state index in [9.17, 15) is 9.90 Å². The number of nitrogens with zero attached hydrogens (tertiary/aromatic N) is 4. The number of rotatable bonds is 2. The molecule has 2 aromatic heterocycles. The van der Waals surface area contributed by atoms with Gasteiger partial charge >= 0.3 is 6.17 Å². The molecule has 3 aromatic rings. The van der Waals surface area contributed by atoms with Crippen LogP contribution in [0, 0.1) is 0 Å². The zero-order valence-corrected chi connectivity index (χ0v) is 17.1. The number of anilines is 1. The van der Waals surface area contributed by atoms with E-state index < -0.39 is 6.17 Å². The van der Waals surface area contributed by atoms with Crippen molar-refractivity contribution >= 4 is 50.6 Å². The molecule has 1 aliphatic rings. The van der Waals surface area contributed by atoms with E-state index in [0.717, 1.165) is 8.66 Å². The van der Waals surface area contributed by atoms with Crippen LogP contribution in [0.25, 0.3) is 11.3 Å². The Morgan fingerprint density at radius 1 is 1.35 bits per heavy atom. The van der Waals surface area contributed by atoms with E-state index in [2.05, 4.69) is 26.0 Å². The highest BCUT2D eigenvalue weighted by Crippen LogP contribution is 2.42. The minimum absolute atomic E-state index is 0.123.